The number of anilines is 1. The number of sulfonamides is 1. The molecule has 0 saturated carbocycles. The summed E-state index contributed by atoms with van der Waals surface area (Å²) in [6, 6.07) is 1.82. The molecule has 1 aromatic carbocycles. The van der Waals surface area contributed by atoms with Crippen LogP contribution in [0.15, 0.2) is 11.0 Å². The summed E-state index contributed by atoms with van der Waals surface area (Å²) in [5.41, 5.74) is 8.24. The van der Waals surface area contributed by atoms with Gasteiger partial charge in [-0.1, -0.05) is 0 Å². The van der Waals surface area contributed by atoms with Crippen molar-refractivity contribution in [1.29, 1.82) is 0 Å². The van der Waals surface area contributed by atoms with Crippen LogP contribution in [0.2, 0.25) is 0 Å². The SMILES string of the molecule is Cc1cc(N)c(C)c(S(=O)(=O)NC2(C)CCOCC2)c1C. The van der Waals surface area contributed by atoms with Gasteiger partial charge in [-0.05, 0) is 63.3 Å². The molecule has 0 atom stereocenters. The highest BCUT2D eigenvalue weighted by Gasteiger charge is 2.34. The molecule has 0 unspecified atom stereocenters. The maximum Gasteiger partial charge on any atom is 0.241 e. The summed E-state index contributed by atoms with van der Waals surface area (Å²) >= 11 is 0. The van der Waals surface area contributed by atoms with Gasteiger partial charge >= 0.3 is 0 Å². The van der Waals surface area contributed by atoms with E-state index in [1.165, 1.54) is 0 Å². The highest BCUT2D eigenvalue weighted by Crippen LogP contribution is 2.30. The molecule has 0 bridgehead atoms. The van der Waals surface area contributed by atoms with Crippen LogP contribution in [0.5, 0.6) is 0 Å². The standard InChI is InChI=1S/C15H24N2O3S/c1-10-9-13(16)12(3)14(11(10)2)21(18,19)17-15(4)5-7-20-8-6-15/h9,17H,5-8,16H2,1-4H3. The Labute approximate surface area is 126 Å². The average molecular weight is 312 g/mol. The predicted octanol–water partition coefficient (Wildman–Crippen LogP) is 2.04. The second kappa shape index (κ2) is 5.59. The Morgan fingerprint density at radius 3 is 2.33 bits per heavy atom. The van der Waals surface area contributed by atoms with Gasteiger partial charge in [0.2, 0.25) is 10.0 Å². The van der Waals surface area contributed by atoms with Crippen LogP contribution in [0.25, 0.3) is 0 Å². The normalized spacial score (nSPS) is 18.7. The van der Waals surface area contributed by atoms with Crippen molar-refractivity contribution in [3.8, 4) is 0 Å². The first kappa shape index (κ1) is 16.3. The summed E-state index contributed by atoms with van der Waals surface area (Å²) in [6.07, 6.45) is 1.34. The average Bonchev–Trinajstić information content (AvgIpc) is 2.36. The zero-order valence-corrected chi connectivity index (χ0v) is 13.9. The smallest absolute Gasteiger partial charge is 0.241 e. The molecular formula is C15H24N2O3S. The molecule has 5 nitrogen and oxygen atoms in total. The van der Waals surface area contributed by atoms with E-state index in [0.717, 1.165) is 11.1 Å². The lowest BCUT2D eigenvalue weighted by atomic mass is 9.94. The van der Waals surface area contributed by atoms with Crippen molar-refractivity contribution >= 4 is 15.7 Å². The summed E-state index contributed by atoms with van der Waals surface area (Å²) in [5.74, 6) is 0. The van der Waals surface area contributed by atoms with E-state index in [1.807, 2.05) is 26.8 Å². The van der Waals surface area contributed by atoms with Crippen molar-refractivity contribution in [1.82, 2.24) is 4.72 Å². The Morgan fingerprint density at radius 2 is 1.76 bits per heavy atom. The van der Waals surface area contributed by atoms with Crippen LogP contribution in [-0.2, 0) is 14.8 Å². The van der Waals surface area contributed by atoms with Crippen LogP contribution in [-0.4, -0.2) is 27.2 Å². The number of aryl methyl sites for hydroxylation is 1. The number of hydrogen-bond donors (Lipinski definition) is 2. The number of hydrogen-bond acceptors (Lipinski definition) is 4. The summed E-state index contributed by atoms with van der Waals surface area (Å²) < 4.78 is 33.9. The van der Waals surface area contributed by atoms with Crippen molar-refractivity contribution in [2.75, 3.05) is 18.9 Å². The van der Waals surface area contributed by atoms with E-state index in [9.17, 15) is 8.42 Å². The number of nitrogen functional groups attached to an aromatic ring is 1. The Hall–Kier alpha value is -1.11. The van der Waals surface area contributed by atoms with Crippen molar-refractivity contribution in [3.63, 3.8) is 0 Å². The number of rotatable bonds is 3. The molecular weight excluding hydrogens is 288 g/mol. The molecule has 0 spiro atoms. The number of benzene rings is 1. The molecule has 1 aliphatic rings. The number of nitrogens with one attached hydrogen (secondary N) is 1. The molecule has 118 valence electrons. The van der Waals surface area contributed by atoms with Gasteiger partial charge in [0.1, 0.15) is 0 Å². The van der Waals surface area contributed by atoms with Gasteiger partial charge in [0.25, 0.3) is 0 Å². The lowest BCUT2D eigenvalue weighted by Gasteiger charge is -2.34. The van der Waals surface area contributed by atoms with Gasteiger partial charge in [0.15, 0.2) is 0 Å². The molecule has 1 aromatic rings. The van der Waals surface area contributed by atoms with Crippen LogP contribution >= 0.6 is 0 Å². The molecule has 1 fully saturated rings. The molecule has 0 aromatic heterocycles. The van der Waals surface area contributed by atoms with Gasteiger partial charge in [0, 0.05) is 24.4 Å². The maximum atomic E-state index is 12.8. The molecule has 0 radical (unpaired) electrons. The van der Waals surface area contributed by atoms with Gasteiger partial charge in [-0.3, -0.25) is 0 Å². The van der Waals surface area contributed by atoms with Gasteiger partial charge in [-0.15, -0.1) is 0 Å². The lowest BCUT2D eigenvalue weighted by Crippen LogP contribution is -2.49. The molecule has 1 aliphatic heterocycles. The van der Waals surface area contributed by atoms with Crippen LogP contribution in [0, 0.1) is 20.8 Å². The van der Waals surface area contributed by atoms with Crippen LogP contribution in [0.1, 0.15) is 36.5 Å². The Bertz CT molecular complexity index is 621. The van der Waals surface area contributed by atoms with E-state index < -0.39 is 15.6 Å². The fraction of sp³-hybridized carbons (Fsp3) is 0.600. The van der Waals surface area contributed by atoms with Crippen LogP contribution in [0.4, 0.5) is 5.69 Å². The summed E-state index contributed by atoms with van der Waals surface area (Å²) in [6.45, 7) is 8.53. The third-order valence-corrected chi connectivity index (χ3v) is 6.23. The van der Waals surface area contributed by atoms with Gasteiger partial charge < -0.3 is 10.5 Å². The van der Waals surface area contributed by atoms with E-state index >= 15 is 0 Å². The minimum atomic E-state index is -3.61. The first-order chi connectivity index (χ1) is 9.66. The minimum absolute atomic E-state index is 0.313. The number of nitrogens with two attached hydrogens (primary N) is 1. The van der Waals surface area contributed by atoms with Gasteiger partial charge in [-0.25, -0.2) is 13.1 Å². The number of ether oxygens (including phenoxy) is 1. The summed E-state index contributed by atoms with van der Waals surface area (Å²) in [4.78, 5) is 0.313. The Kier molecular flexibility index (Phi) is 4.33. The Morgan fingerprint density at radius 1 is 1.19 bits per heavy atom. The zero-order chi connectivity index (χ0) is 15.8. The van der Waals surface area contributed by atoms with E-state index in [4.69, 9.17) is 10.5 Å². The minimum Gasteiger partial charge on any atom is -0.398 e. The molecule has 0 aliphatic carbocycles. The molecule has 3 N–H and O–H groups in total. The third kappa shape index (κ3) is 3.22. The fourth-order valence-corrected chi connectivity index (χ4v) is 4.78. The Balaban J connectivity index is 2.45. The highest BCUT2D eigenvalue weighted by atomic mass is 32.2. The van der Waals surface area contributed by atoms with E-state index in [0.29, 0.717) is 42.2 Å². The summed E-state index contributed by atoms with van der Waals surface area (Å²) in [5, 5.41) is 0. The van der Waals surface area contributed by atoms with E-state index in [1.54, 1.807) is 6.92 Å². The van der Waals surface area contributed by atoms with Gasteiger partial charge in [0.05, 0.1) is 4.90 Å². The zero-order valence-electron chi connectivity index (χ0n) is 13.1. The second-order valence-electron chi connectivity index (χ2n) is 6.14. The van der Waals surface area contributed by atoms with E-state index in [2.05, 4.69) is 4.72 Å². The van der Waals surface area contributed by atoms with Crippen molar-refractivity contribution in [2.24, 2.45) is 0 Å². The van der Waals surface area contributed by atoms with Crippen LogP contribution in [0.3, 0.4) is 0 Å². The molecule has 2 rings (SSSR count). The van der Waals surface area contributed by atoms with Crippen LogP contribution < -0.4 is 10.5 Å². The lowest BCUT2D eigenvalue weighted by molar-refractivity contribution is 0.0537. The molecule has 21 heavy (non-hydrogen) atoms. The molecule has 1 saturated heterocycles. The quantitative estimate of drug-likeness (QED) is 0.837. The monoisotopic (exact) mass is 312 g/mol. The topological polar surface area (TPSA) is 81.4 Å². The maximum absolute atomic E-state index is 12.8. The van der Waals surface area contributed by atoms with Crippen molar-refractivity contribution in [2.45, 2.75) is 51.0 Å². The summed E-state index contributed by atoms with van der Waals surface area (Å²) in [7, 11) is -3.61. The molecule has 0 amide bonds. The van der Waals surface area contributed by atoms with Crippen molar-refractivity contribution in [3.05, 3.63) is 22.8 Å². The first-order valence-electron chi connectivity index (χ1n) is 7.14. The molecule has 1 heterocycles. The largest absolute Gasteiger partial charge is 0.398 e. The fourth-order valence-electron chi connectivity index (χ4n) is 2.74. The molecule has 6 heteroatoms. The third-order valence-electron chi connectivity index (χ3n) is 4.32. The van der Waals surface area contributed by atoms with E-state index in [-0.39, 0.29) is 0 Å². The van der Waals surface area contributed by atoms with Gasteiger partial charge in [-0.2, -0.15) is 0 Å². The first-order valence-corrected chi connectivity index (χ1v) is 8.63. The highest BCUT2D eigenvalue weighted by molar-refractivity contribution is 7.89. The van der Waals surface area contributed by atoms with Crippen molar-refractivity contribution < 1.29 is 13.2 Å². The predicted molar refractivity (Wildman–Crippen MR) is 83.8 cm³/mol. The second-order valence-corrected chi connectivity index (χ2v) is 7.76.